The molecule has 18 heavy (non-hydrogen) atoms. The van der Waals surface area contributed by atoms with Crippen LogP contribution in [0, 0.1) is 0 Å². The second-order valence-corrected chi connectivity index (χ2v) is 5.59. The van der Waals surface area contributed by atoms with E-state index in [4.69, 9.17) is 5.11 Å². The van der Waals surface area contributed by atoms with Gasteiger partial charge in [0.2, 0.25) is 0 Å². The van der Waals surface area contributed by atoms with E-state index < -0.39 is 16.3 Å². The van der Waals surface area contributed by atoms with Crippen molar-refractivity contribution in [3.8, 4) is 0 Å². The Balaban J connectivity index is 3.77. The van der Waals surface area contributed by atoms with E-state index in [0.29, 0.717) is 12.8 Å². The average molecular weight is 282 g/mol. The Morgan fingerprint density at radius 2 is 1.83 bits per heavy atom. The van der Waals surface area contributed by atoms with Gasteiger partial charge in [-0.1, -0.05) is 12.8 Å². The number of hydrogen-bond acceptors (Lipinski definition) is 5. The minimum Gasteiger partial charge on any atom is -0.446 e. The number of carbonyl (C=O) groups is 1. The van der Waals surface area contributed by atoms with E-state index in [-0.39, 0.29) is 19.3 Å². The maximum atomic E-state index is 11.3. The lowest BCUT2D eigenvalue weighted by molar-refractivity contribution is 0.121. The van der Waals surface area contributed by atoms with Crippen molar-refractivity contribution in [3.05, 3.63) is 0 Å². The number of aliphatic hydroxyl groups excluding tert-OH is 1. The third-order valence-electron chi connectivity index (χ3n) is 1.94. The first-order valence-corrected chi connectivity index (χ1v) is 7.44. The molecule has 0 aliphatic rings. The Kier molecular flexibility index (Phi) is 8.69. The predicted octanol–water partition coefficient (Wildman–Crippen LogP) is 0.508. The largest absolute Gasteiger partial charge is 0.446 e. The van der Waals surface area contributed by atoms with Gasteiger partial charge in [0.15, 0.2) is 0 Å². The molecule has 0 saturated carbocycles. The van der Waals surface area contributed by atoms with Crippen molar-refractivity contribution in [2.24, 2.45) is 0 Å². The van der Waals surface area contributed by atoms with Crippen LogP contribution in [0.2, 0.25) is 0 Å². The van der Waals surface area contributed by atoms with Gasteiger partial charge < -0.3 is 9.84 Å². The van der Waals surface area contributed by atoms with Crippen molar-refractivity contribution in [1.29, 1.82) is 0 Å². The Bertz CT molecular complexity index is 329. The van der Waals surface area contributed by atoms with E-state index in [9.17, 15) is 13.2 Å². The Hall–Kier alpha value is -0.860. The lowest BCUT2D eigenvalue weighted by atomic mass is 10.2. The summed E-state index contributed by atoms with van der Waals surface area (Å²) >= 11 is 0. The maximum absolute atomic E-state index is 11.3. The number of hydrogen-bond donors (Lipinski definition) is 3. The van der Waals surface area contributed by atoms with Gasteiger partial charge in [0.1, 0.15) is 0 Å². The number of carbonyl (C=O) groups excluding carboxylic acids is 1. The van der Waals surface area contributed by atoms with E-state index in [1.165, 1.54) is 0 Å². The van der Waals surface area contributed by atoms with Crippen LogP contribution in [0.4, 0.5) is 4.79 Å². The summed E-state index contributed by atoms with van der Waals surface area (Å²) in [7, 11) is -3.84. The molecule has 0 aromatic carbocycles. The normalized spacial score (nSPS) is 11.6. The Labute approximate surface area is 108 Å². The summed E-state index contributed by atoms with van der Waals surface area (Å²) in [6.45, 7) is 3.64. The highest BCUT2D eigenvalue weighted by Gasteiger charge is 2.15. The molecule has 0 aliphatic heterocycles. The first-order valence-electron chi connectivity index (χ1n) is 5.96. The second-order valence-electron chi connectivity index (χ2n) is 4.09. The summed E-state index contributed by atoms with van der Waals surface area (Å²) < 4.78 is 31.3. The van der Waals surface area contributed by atoms with E-state index >= 15 is 0 Å². The van der Waals surface area contributed by atoms with E-state index in [1.807, 2.05) is 0 Å². The second kappa shape index (κ2) is 9.12. The van der Waals surface area contributed by atoms with Crippen LogP contribution in [0.3, 0.4) is 0 Å². The SMILES string of the molecule is CC(C)OC(=O)NS(=O)(=O)NCCCCCCO. The number of unbranched alkanes of at least 4 members (excludes halogenated alkanes) is 3. The van der Waals surface area contributed by atoms with Gasteiger partial charge in [-0.25, -0.2) is 9.52 Å². The van der Waals surface area contributed by atoms with Gasteiger partial charge in [-0.05, 0) is 26.7 Å². The van der Waals surface area contributed by atoms with Crippen LogP contribution in [0.15, 0.2) is 0 Å². The molecule has 108 valence electrons. The minimum absolute atomic E-state index is 0.147. The molecule has 0 radical (unpaired) electrons. The topological polar surface area (TPSA) is 105 Å². The smallest absolute Gasteiger partial charge is 0.422 e. The van der Waals surface area contributed by atoms with Crippen LogP contribution in [-0.2, 0) is 14.9 Å². The molecule has 0 aliphatic carbocycles. The van der Waals surface area contributed by atoms with Gasteiger partial charge in [0.25, 0.3) is 0 Å². The van der Waals surface area contributed by atoms with Crippen molar-refractivity contribution in [2.45, 2.75) is 45.6 Å². The summed E-state index contributed by atoms with van der Waals surface area (Å²) in [5.41, 5.74) is 0. The standard InChI is InChI=1S/C10H22N2O5S/c1-9(2)17-10(14)12-18(15,16)11-7-5-3-4-6-8-13/h9,11,13H,3-8H2,1-2H3,(H,12,14). The lowest BCUT2D eigenvalue weighted by Gasteiger charge is -2.10. The molecular weight excluding hydrogens is 260 g/mol. The molecule has 8 heteroatoms. The summed E-state index contributed by atoms with van der Waals surface area (Å²) in [5.74, 6) is 0. The molecule has 0 bridgehead atoms. The van der Waals surface area contributed by atoms with Crippen molar-refractivity contribution >= 4 is 16.3 Å². The molecule has 3 N–H and O–H groups in total. The molecule has 0 rings (SSSR count). The molecule has 0 saturated heterocycles. The van der Waals surface area contributed by atoms with Gasteiger partial charge in [-0.3, -0.25) is 0 Å². The molecule has 0 atom stereocenters. The fraction of sp³-hybridized carbons (Fsp3) is 0.900. The maximum Gasteiger partial charge on any atom is 0.422 e. The summed E-state index contributed by atoms with van der Waals surface area (Å²) in [5, 5.41) is 8.55. The average Bonchev–Trinajstić information content (AvgIpc) is 2.20. The summed E-state index contributed by atoms with van der Waals surface area (Å²) in [6.07, 6.45) is 1.67. The van der Waals surface area contributed by atoms with E-state index in [1.54, 1.807) is 18.6 Å². The first-order chi connectivity index (χ1) is 8.37. The monoisotopic (exact) mass is 282 g/mol. The zero-order valence-electron chi connectivity index (χ0n) is 10.8. The highest BCUT2D eigenvalue weighted by Crippen LogP contribution is 1.98. The van der Waals surface area contributed by atoms with Crippen LogP contribution >= 0.6 is 0 Å². The number of nitrogens with one attached hydrogen (secondary N) is 2. The fourth-order valence-electron chi connectivity index (χ4n) is 1.18. The quantitative estimate of drug-likeness (QED) is 0.534. The van der Waals surface area contributed by atoms with Crippen LogP contribution in [0.25, 0.3) is 0 Å². The number of ether oxygens (including phenoxy) is 1. The number of rotatable bonds is 9. The molecule has 7 nitrogen and oxygen atoms in total. The summed E-state index contributed by atoms with van der Waals surface area (Å²) in [4.78, 5) is 11.1. The molecule has 0 aromatic heterocycles. The number of aliphatic hydroxyl groups is 1. The van der Waals surface area contributed by atoms with E-state index in [0.717, 1.165) is 12.8 Å². The van der Waals surface area contributed by atoms with Gasteiger partial charge in [-0.2, -0.15) is 13.1 Å². The highest BCUT2D eigenvalue weighted by atomic mass is 32.2. The third-order valence-corrected chi connectivity index (χ3v) is 2.96. The van der Waals surface area contributed by atoms with Crippen LogP contribution in [0.1, 0.15) is 39.5 Å². The highest BCUT2D eigenvalue weighted by molar-refractivity contribution is 7.88. The Morgan fingerprint density at radius 3 is 2.39 bits per heavy atom. The molecule has 1 amide bonds. The molecule has 0 unspecified atom stereocenters. The molecular formula is C10H22N2O5S. The Morgan fingerprint density at radius 1 is 1.22 bits per heavy atom. The molecule has 0 fully saturated rings. The van der Waals surface area contributed by atoms with Crippen LogP contribution in [-0.4, -0.2) is 38.9 Å². The zero-order valence-corrected chi connectivity index (χ0v) is 11.6. The third kappa shape index (κ3) is 10.3. The fourth-order valence-corrected chi connectivity index (χ4v) is 1.93. The zero-order chi connectivity index (χ0) is 14.0. The van der Waals surface area contributed by atoms with Gasteiger partial charge in [0.05, 0.1) is 6.10 Å². The van der Waals surface area contributed by atoms with Gasteiger partial charge in [0, 0.05) is 13.2 Å². The molecule has 0 heterocycles. The van der Waals surface area contributed by atoms with Crippen LogP contribution in [0.5, 0.6) is 0 Å². The predicted molar refractivity (Wildman–Crippen MR) is 67.2 cm³/mol. The van der Waals surface area contributed by atoms with Crippen molar-refractivity contribution in [3.63, 3.8) is 0 Å². The van der Waals surface area contributed by atoms with Crippen molar-refractivity contribution < 1.29 is 23.1 Å². The molecule has 0 spiro atoms. The number of amides is 1. The lowest BCUT2D eigenvalue weighted by Crippen LogP contribution is -2.41. The minimum atomic E-state index is -3.84. The van der Waals surface area contributed by atoms with Gasteiger partial charge in [-0.15, -0.1) is 0 Å². The van der Waals surface area contributed by atoms with Gasteiger partial charge >= 0.3 is 16.3 Å². The molecule has 0 aromatic rings. The van der Waals surface area contributed by atoms with Crippen molar-refractivity contribution in [1.82, 2.24) is 9.44 Å². The summed E-state index contributed by atoms with van der Waals surface area (Å²) in [6, 6.07) is 0. The first kappa shape index (κ1) is 17.1. The van der Waals surface area contributed by atoms with Crippen molar-refractivity contribution in [2.75, 3.05) is 13.2 Å². The van der Waals surface area contributed by atoms with Crippen LogP contribution < -0.4 is 9.44 Å². The van der Waals surface area contributed by atoms with E-state index in [2.05, 4.69) is 9.46 Å².